The number of hydrogen-bond donors (Lipinski definition) is 2. The summed E-state index contributed by atoms with van der Waals surface area (Å²) in [6.07, 6.45) is 0.298. The molecule has 0 atom stereocenters. The quantitative estimate of drug-likeness (QED) is 0.699. The van der Waals surface area contributed by atoms with E-state index in [9.17, 15) is 13.6 Å². The molecule has 0 aliphatic rings. The highest BCUT2D eigenvalue weighted by atomic mass is 19.1. The van der Waals surface area contributed by atoms with Crippen molar-refractivity contribution in [3.63, 3.8) is 0 Å². The van der Waals surface area contributed by atoms with Crippen LogP contribution in [0.3, 0.4) is 0 Å². The van der Waals surface area contributed by atoms with Crippen LogP contribution < -0.4 is 10.6 Å². The molecule has 0 radical (unpaired) electrons. The molecule has 0 bridgehead atoms. The Balaban J connectivity index is 2.18. The molecule has 4 nitrogen and oxygen atoms in total. The molecule has 6 heteroatoms. The van der Waals surface area contributed by atoms with Gasteiger partial charge in [-0.25, -0.2) is 8.78 Å². The first-order chi connectivity index (χ1) is 9.13. The average Bonchev–Trinajstić information content (AvgIpc) is 2.37. The summed E-state index contributed by atoms with van der Waals surface area (Å²) in [7, 11) is 1.56. The van der Waals surface area contributed by atoms with Crippen LogP contribution in [0.15, 0.2) is 18.2 Å². The number of ether oxygens (including phenoxy) is 1. The second-order valence-corrected chi connectivity index (χ2v) is 4.01. The van der Waals surface area contributed by atoms with Crippen LogP contribution in [-0.4, -0.2) is 32.7 Å². The summed E-state index contributed by atoms with van der Waals surface area (Å²) in [6, 6.07) is 3.43. The molecule has 0 aromatic heterocycles. The summed E-state index contributed by atoms with van der Waals surface area (Å²) in [4.78, 5) is 11.3. The lowest BCUT2D eigenvalue weighted by atomic mass is 10.2. The van der Waals surface area contributed by atoms with E-state index in [1.807, 2.05) is 0 Å². The number of amides is 1. The first-order valence-electron chi connectivity index (χ1n) is 6.03. The third kappa shape index (κ3) is 6.26. The number of nitrogens with one attached hydrogen (secondary N) is 2. The molecule has 0 saturated heterocycles. The van der Waals surface area contributed by atoms with E-state index in [0.717, 1.165) is 6.07 Å². The van der Waals surface area contributed by atoms with Crippen LogP contribution >= 0.6 is 0 Å². The number of rotatable bonds is 8. The maximum absolute atomic E-state index is 13.3. The largest absolute Gasteiger partial charge is 0.383 e. The van der Waals surface area contributed by atoms with Crippen LogP contribution in [0.2, 0.25) is 0 Å². The standard InChI is InChI=1S/C13H18F2N2O2/c1-19-7-6-17-13(18)4-5-16-9-10-2-3-11(14)8-12(10)15/h2-3,8,16H,4-7,9H2,1H3,(H,17,18). The molecule has 0 heterocycles. The maximum Gasteiger partial charge on any atom is 0.221 e. The van der Waals surface area contributed by atoms with Gasteiger partial charge in [-0.1, -0.05) is 6.07 Å². The van der Waals surface area contributed by atoms with Gasteiger partial charge in [0.2, 0.25) is 5.91 Å². The minimum absolute atomic E-state index is 0.0934. The van der Waals surface area contributed by atoms with E-state index in [2.05, 4.69) is 10.6 Å². The van der Waals surface area contributed by atoms with Gasteiger partial charge in [0.05, 0.1) is 6.61 Å². The molecule has 1 amide bonds. The molecule has 1 aromatic rings. The predicted octanol–water partition coefficient (Wildman–Crippen LogP) is 1.21. The second kappa shape index (κ2) is 8.55. The number of carbonyl (C=O) groups is 1. The lowest BCUT2D eigenvalue weighted by molar-refractivity contribution is -0.121. The van der Waals surface area contributed by atoms with Crippen LogP contribution in [0, 0.1) is 11.6 Å². The summed E-state index contributed by atoms with van der Waals surface area (Å²) in [6.45, 7) is 1.63. The molecule has 2 N–H and O–H groups in total. The third-order valence-electron chi connectivity index (χ3n) is 2.49. The molecule has 0 aliphatic heterocycles. The fraction of sp³-hybridized carbons (Fsp3) is 0.462. The van der Waals surface area contributed by atoms with Gasteiger partial charge in [-0.15, -0.1) is 0 Å². The Morgan fingerprint density at radius 3 is 2.79 bits per heavy atom. The van der Waals surface area contributed by atoms with Crippen molar-refractivity contribution in [3.05, 3.63) is 35.4 Å². The molecular weight excluding hydrogens is 254 g/mol. The molecule has 0 fully saturated rings. The van der Waals surface area contributed by atoms with Crippen molar-refractivity contribution in [2.45, 2.75) is 13.0 Å². The monoisotopic (exact) mass is 272 g/mol. The number of halogens is 2. The Labute approximate surface area is 111 Å². The number of benzene rings is 1. The van der Waals surface area contributed by atoms with Crippen molar-refractivity contribution in [1.82, 2.24) is 10.6 Å². The van der Waals surface area contributed by atoms with Gasteiger partial charge in [-0.05, 0) is 6.07 Å². The van der Waals surface area contributed by atoms with E-state index in [4.69, 9.17) is 4.74 Å². The minimum Gasteiger partial charge on any atom is -0.383 e. The van der Waals surface area contributed by atoms with Crippen LogP contribution in [0.1, 0.15) is 12.0 Å². The fourth-order valence-electron chi connectivity index (χ4n) is 1.47. The summed E-state index contributed by atoms with van der Waals surface area (Å²) < 4.78 is 30.7. The van der Waals surface area contributed by atoms with Gasteiger partial charge in [0, 0.05) is 44.8 Å². The Bertz CT molecular complexity index is 414. The summed E-state index contributed by atoms with van der Waals surface area (Å²) in [5.74, 6) is -1.28. The molecular formula is C13H18F2N2O2. The van der Waals surface area contributed by atoms with Gasteiger partial charge in [-0.2, -0.15) is 0 Å². The van der Waals surface area contributed by atoms with E-state index >= 15 is 0 Å². The Morgan fingerprint density at radius 2 is 2.11 bits per heavy atom. The van der Waals surface area contributed by atoms with E-state index in [1.165, 1.54) is 12.1 Å². The van der Waals surface area contributed by atoms with Gasteiger partial charge in [0.1, 0.15) is 11.6 Å². The van der Waals surface area contributed by atoms with Gasteiger partial charge in [-0.3, -0.25) is 4.79 Å². The Morgan fingerprint density at radius 1 is 1.32 bits per heavy atom. The number of methoxy groups -OCH3 is 1. The van der Waals surface area contributed by atoms with Gasteiger partial charge in [0.25, 0.3) is 0 Å². The lowest BCUT2D eigenvalue weighted by Gasteiger charge is -2.07. The maximum atomic E-state index is 13.3. The highest BCUT2D eigenvalue weighted by Gasteiger charge is 2.04. The zero-order valence-electron chi connectivity index (χ0n) is 10.8. The first kappa shape index (κ1) is 15.5. The van der Waals surface area contributed by atoms with E-state index in [0.29, 0.717) is 31.7 Å². The van der Waals surface area contributed by atoms with Crippen molar-refractivity contribution in [3.8, 4) is 0 Å². The number of hydrogen-bond acceptors (Lipinski definition) is 3. The predicted molar refractivity (Wildman–Crippen MR) is 67.6 cm³/mol. The molecule has 0 aliphatic carbocycles. The van der Waals surface area contributed by atoms with Gasteiger partial charge >= 0.3 is 0 Å². The zero-order chi connectivity index (χ0) is 14.1. The topological polar surface area (TPSA) is 50.4 Å². The van der Waals surface area contributed by atoms with Crippen LogP contribution in [0.25, 0.3) is 0 Å². The van der Waals surface area contributed by atoms with Crippen molar-refractivity contribution < 1.29 is 18.3 Å². The highest BCUT2D eigenvalue weighted by Crippen LogP contribution is 2.08. The molecule has 1 rings (SSSR count). The fourth-order valence-corrected chi connectivity index (χ4v) is 1.47. The summed E-state index contributed by atoms with van der Waals surface area (Å²) in [5.41, 5.74) is 0.376. The first-order valence-corrected chi connectivity index (χ1v) is 6.03. The molecule has 106 valence electrons. The highest BCUT2D eigenvalue weighted by molar-refractivity contribution is 5.75. The van der Waals surface area contributed by atoms with Crippen LogP contribution in [-0.2, 0) is 16.1 Å². The molecule has 19 heavy (non-hydrogen) atoms. The van der Waals surface area contributed by atoms with Gasteiger partial charge < -0.3 is 15.4 Å². The SMILES string of the molecule is COCCNC(=O)CCNCc1ccc(F)cc1F. The minimum atomic E-state index is -0.598. The van der Waals surface area contributed by atoms with Gasteiger partial charge in [0.15, 0.2) is 0 Å². The van der Waals surface area contributed by atoms with Crippen molar-refractivity contribution in [2.24, 2.45) is 0 Å². The van der Waals surface area contributed by atoms with Crippen molar-refractivity contribution in [2.75, 3.05) is 26.8 Å². The van der Waals surface area contributed by atoms with E-state index in [1.54, 1.807) is 7.11 Å². The summed E-state index contributed by atoms with van der Waals surface area (Å²) >= 11 is 0. The molecule has 0 spiro atoms. The average molecular weight is 272 g/mol. The lowest BCUT2D eigenvalue weighted by Crippen LogP contribution is -2.30. The van der Waals surface area contributed by atoms with Crippen molar-refractivity contribution >= 4 is 5.91 Å². The molecule has 0 unspecified atom stereocenters. The normalized spacial score (nSPS) is 10.5. The van der Waals surface area contributed by atoms with Crippen LogP contribution in [0.4, 0.5) is 8.78 Å². The second-order valence-electron chi connectivity index (χ2n) is 4.01. The third-order valence-corrected chi connectivity index (χ3v) is 2.49. The van der Waals surface area contributed by atoms with E-state index in [-0.39, 0.29) is 12.5 Å². The smallest absolute Gasteiger partial charge is 0.221 e. The van der Waals surface area contributed by atoms with Crippen molar-refractivity contribution in [1.29, 1.82) is 0 Å². The Kier molecular flexibility index (Phi) is 6.99. The molecule has 0 saturated carbocycles. The zero-order valence-corrected chi connectivity index (χ0v) is 10.8. The van der Waals surface area contributed by atoms with Crippen LogP contribution in [0.5, 0.6) is 0 Å². The Hall–Kier alpha value is -1.53. The summed E-state index contributed by atoms with van der Waals surface area (Å²) in [5, 5.41) is 5.60. The molecule has 1 aromatic carbocycles. The van der Waals surface area contributed by atoms with E-state index < -0.39 is 11.6 Å². The number of carbonyl (C=O) groups excluding carboxylic acids is 1.